The first-order valence-electron chi connectivity index (χ1n) is 5.56. The van der Waals surface area contributed by atoms with Crippen LogP contribution in [0.3, 0.4) is 0 Å². The highest BCUT2D eigenvalue weighted by molar-refractivity contribution is 7.89. The first kappa shape index (κ1) is 13.4. The molecule has 1 fully saturated rings. The molecule has 18 heavy (non-hydrogen) atoms. The molecule has 1 aliphatic heterocycles. The van der Waals surface area contributed by atoms with Gasteiger partial charge >= 0.3 is 0 Å². The standard InChI is InChI=1S/C11H14F2N2O2S/c1-7-11(14)2-3-15(7)18(16,17)10-5-8(12)4-9(13)6-10/h4-7,11H,2-3,14H2,1H3. The summed E-state index contributed by atoms with van der Waals surface area (Å²) in [6, 6.07) is 1.64. The smallest absolute Gasteiger partial charge is 0.243 e. The van der Waals surface area contributed by atoms with Gasteiger partial charge in [-0.05, 0) is 25.5 Å². The van der Waals surface area contributed by atoms with Crippen LogP contribution in [0.2, 0.25) is 0 Å². The van der Waals surface area contributed by atoms with Crippen LogP contribution >= 0.6 is 0 Å². The fourth-order valence-electron chi connectivity index (χ4n) is 2.09. The van der Waals surface area contributed by atoms with Crippen molar-refractivity contribution in [2.24, 2.45) is 5.73 Å². The van der Waals surface area contributed by atoms with E-state index in [0.29, 0.717) is 12.5 Å². The van der Waals surface area contributed by atoms with E-state index in [0.717, 1.165) is 12.1 Å². The van der Waals surface area contributed by atoms with Crippen molar-refractivity contribution < 1.29 is 17.2 Å². The van der Waals surface area contributed by atoms with Gasteiger partial charge in [0, 0.05) is 24.7 Å². The minimum Gasteiger partial charge on any atom is -0.326 e. The predicted molar refractivity (Wildman–Crippen MR) is 62.3 cm³/mol. The second-order valence-electron chi connectivity index (χ2n) is 4.41. The van der Waals surface area contributed by atoms with Gasteiger partial charge in [0.2, 0.25) is 10.0 Å². The maximum atomic E-state index is 13.1. The van der Waals surface area contributed by atoms with Gasteiger partial charge in [-0.15, -0.1) is 0 Å². The molecule has 1 aliphatic rings. The van der Waals surface area contributed by atoms with Gasteiger partial charge in [0.25, 0.3) is 0 Å². The molecule has 1 aromatic rings. The molecule has 7 heteroatoms. The second-order valence-corrected chi connectivity index (χ2v) is 6.30. The average molecular weight is 276 g/mol. The molecule has 2 rings (SSSR count). The molecule has 4 nitrogen and oxygen atoms in total. The molecule has 0 aromatic heterocycles. The van der Waals surface area contributed by atoms with Crippen LogP contribution in [-0.4, -0.2) is 31.4 Å². The quantitative estimate of drug-likeness (QED) is 0.879. The Bertz CT molecular complexity index is 542. The number of nitrogens with two attached hydrogens (primary N) is 1. The largest absolute Gasteiger partial charge is 0.326 e. The molecule has 2 atom stereocenters. The summed E-state index contributed by atoms with van der Waals surface area (Å²) in [5.41, 5.74) is 5.75. The van der Waals surface area contributed by atoms with Crippen LogP contribution in [0.15, 0.2) is 23.1 Å². The Hall–Kier alpha value is -1.05. The monoisotopic (exact) mass is 276 g/mol. The molecule has 0 radical (unpaired) electrons. The fraction of sp³-hybridized carbons (Fsp3) is 0.455. The summed E-state index contributed by atoms with van der Waals surface area (Å²) in [5.74, 6) is -1.82. The van der Waals surface area contributed by atoms with E-state index >= 15 is 0 Å². The number of hydrogen-bond acceptors (Lipinski definition) is 3. The highest BCUT2D eigenvalue weighted by Crippen LogP contribution is 2.26. The van der Waals surface area contributed by atoms with Crippen molar-refractivity contribution in [3.8, 4) is 0 Å². The zero-order valence-electron chi connectivity index (χ0n) is 9.81. The average Bonchev–Trinajstić information content (AvgIpc) is 2.58. The highest BCUT2D eigenvalue weighted by Gasteiger charge is 2.37. The lowest BCUT2D eigenvalue weighted by molar-refractivity contribution is 0.392. The Morgan fingerprint density at radius 2 is 1.83 bits per heavy atom. The number of rotatable bonds is 2. The molecule has 0 bridgehead atoms. The Balaban J connectivity index is 2.42. The SMILES string of the molecule is CC1C(N)CCN1S(=O)(=O)c1cc(F)cc(F)c1. The van der Waals surface area contributed by atoms with Crippen LogP contribution < -0.4 is 5.73 Å². The van der Waals surface area contributed by atoms with Gasteiger partial charge in [0.1, 0.15) is 11.6 Å². The molecular weight excluding hydrogens is 262 g/mol. The van der Waals surface area contributed by atoms with Crippen LogP contribution in [0.5, 0.6) is 0 Å². The summed E-state index contributed by atoms with van der Waals surface area (Å²) in [5, 5.41) is 0. The lowest BCUT2D eigenvalue weighted by atomic mass is 10.2. The molecule has 2 N–H and O–H groups in total. The van der Waals surface area contributed by atoms with E-state index in [2.05, 4.69) is 0 Å². The van der Waals surface area contributed by atoms with Gasteiger partial charge < -0.3 is 5.73 Å². The molecule has 0 aliphatic carbocycles. The summed E-state index contributed by atoms with van der Waals surface area (Å²) in [6.07, 6.45) is 0.540. The van der Waals surface area contributed by atoms with E-state index in [1.165, 1.54) is 4.31 Å². The molecule has 1 saturated heterocycles. The van der Waals surface area contributed by atoms with Crippen LogP contribution in [-0.2, 0) is 10.0 Å². The summed E-state index contributed by atoms with van der Waals surface area (Å²) < 4.78 is 51.8. The third kappa shape index (κ3) is 2.25. The summed E-state index contributed by atoms with van der Waals surface area (Å²) in [6.45, 7) is 1.95. The van der Waals surface area contributed by atoms with Crippen LogP contribution in [0.1, 0.15) is 13.3 Å². The van der Waals surface area contributed by atoms with Gasteiger partial charge in [-0.25, -0.2) is 17.2 Å². The summed E-state index contributed by atoms with van der Waals surface area (Å²) >= 11 is 0. The zero-order chi connectivity index (χ0) is 13.5. The minimum atomic E-state index is -3.89. The Kier molecular flexibility index (Phi) is 3.39. The van der Waals surface area contributed by atoms with E-state index in [4.69, 9.17) is 5.73 Å². The van der Waals surface area contributed by atoms with E-state index < -0.39 is 21.7 Å². The molecule has 2 unspecified atom stereocenters. The van der Waals surface area contributed by atoms with E-state index in [1.807, 2.05) is 0 Å². The Labute approximate surface area is 104 Å². The first-order valence-corrected chi connectivity index (χ1v) is 7.00. The number of nitrogens with zero attached hydrogens (tertiary/aromatic N) is 1. The maximum Gasteiger partial charge on any atom is 0.243 e. The second kappa shape index (κ2) is 4.56. The van der Waals surface area contributed by atoms with Crippen molar-refractivity contribution in [3.05, 3.63) is 29.8 Å². The van der Waals surface area contributed by atoms with Crippen LogP contribution in [0.25, 0.3) is 0 Å². The maximum absolute atomic E-state index is 13.1. The lowest BCUT2D eigenvalue weighted by Gasteiger charge is -2.22. The third-order valence-electron chi connectivity index (χ3n) is 3.20. The lowest BCUT2D eigenvalue weighted by Crippen LogP contribution is -2.40. The normalized spacial score (nSPS) is 25.6. The molecule has 0 amide bonds. The summed E-state index contributed by atoms with van der Waals surface area (Å²) in [7, 11) is -3.89. The topological polar surface area (TPSA) is 63.4 Å². The Morgan fingerprint density at radius 3 is 2.28 bits per heavy atom. The molecule has 1 heterocycles. The zero-order valence-corrected chi connectivity index (χ0v) is 10.6. The fourth-order valence-corrected chi connectivity index (χ4v) is 3.82. The highest BCUT2D eigenvalue weighted by atomic mass is 32.2. The molecule has 0 saturated carbocycles. The third-order valence-corrected chi connectivity index (χ3v) is 5.16. The van der Waals surface area contributed by atoms with Crippen LogP contribution in [0, 0.1) is 11.6 Å². The van der Waals surface area contributed by atoms with E-state index in [9.17, 15) is 17.2 Å². The predicted octanol–water partition coefficient (Wildman–Crippen LogP) is 1.08. The summed E-state index contributed by atoms with van der Waals surface area (Å²) in [4.78, 5) is -0.374. The number of halogens is 2. The first-order chi connectivity index (χ1) is 8.32. The minimum absolute atomic E-state index is 0.252. The van der Waals surface area contributed by atoms with Crippen molar-refractivity contribution in [3.63, 3.8) is 0 Å². The van der Waals surface area contributed by atoms with E-state index in [-0.39, 0.29) is 23.5 Å². The van der Waals surface area contributed by atoms with Gasteiger partial charge in [0.15, 0.2) is 0 Å². The number of sulfonamides is 1. The number of benzene rings is 1. The Morgan fingerprint density at radius 1 is 1.28 bits per heavy atom. The van der Waals surface area contributed by atoms with Crippen molar-refractivity contribution >= 4 is 10.0 Å². The van der Waals surface area contributed by atoms with Gasteiger partial charge in [0.05, 0.1) is 4.90 Å². The van der Waals surface area contributed by atoms with Crippen molar-refractivity contribution in [1.82, 2.24) is 4.31 Å². The van der Waals surface area contributed by atoms with Crippen molar-refractivity contribution in [1.29, 1.82) is 0 Å². The van der Waals surface area contributed by atoms with Gasteiger partial charge in [-0.1, -0.05) is 0 Å². The molecule has 0 spiro atoms. The number of hydrogen-bond donors (Lipinski definition) is 1. The molecular formula is C11H14F2N2O2S. The molecule has 100 valence electrons. The molecule has 1 aromatic carbocycles. The van der Waals surface area contributed by atoms with Crippen molar-refractivity contribution in [2.45, 2.75) is 30.3 Å². The van der Waals surface area contributed by atoms with Crippen molar-refractivity contribution in [2.75, 3.05) is 6.54 Å². The van der Waals surface area contributed by atoms with Gasteiger partial charge in [-0.2, -0.15) is 4.31 Å². The van der Waals surface area contributed by atoms with Gasteiger partial charge in [-0.3, -0.25) is 0 Å². The van der Waals surface area contributed by atoms with Crippen LogP contribution in [0.4, 0.5) is 8.78 Å². The van der Waals surface area contributed by atoms with E-state index in [1.54, 1.807) is 6.92 Å².